The molecule has 104 valence electrons. The molecule has 1 aliphatic carbocycles. The van der Waals surface area contributed by atoms with E-state index in [0.717, 1.165) is 19.4 Å². The lowest BCUT2D eigenvalue weighted by atomic mass is 10.1. The maximum Gasteiger partial charge on any atom is 0.233 e. The van der Waals surface area contributed by atoms with Crippen LogP contribution in [0.3, 0.4) is 0 Å². The Balaban J connectivity index is 1.84. The van der Waals surface area contributed by atoms with Gasteiger partial charge in [-0.05, 0) is 42.0 Å². The molecule has 2 rings (SSSR count). The van der Waals surface area contributed by atoms with Crippen molar-refractivity contribution in [3.63, 3.8) is 0 Å². The highest BCUT2D eigenvalue weighted by Gasteiger charge is 2.22. The third-order valence-corrected chi connectivity index (χ3v) is 3.42. The van der Waals surface area contributed by atoms with E-state index in [0.29, 0.717) is 18.2 Å². The Morgan fingerprint density at radius 1 is 1.47 bits per heavy atom. The van der Waals surface area contributed by atoms with Gasteiger partial charge in [0.1, 0.15) is 5.75 Å². The number of rotatable bonds is 5. The SMILES string of the molecule is CC(C)CNC(=O)CNC1CCc2cc(O)ccc21. The van der Waals surface area contributed by atoms with Crippen molar-refractivity contribution in [3.05, 3.63) is 29.3 Å². The molecule has 0 bridgehead atoms. The zero-order valence-electron chi connectivity index (χ0n) is 11.6. The van der Waals surface area contributed by atoms with Gasteiger partial charge in [0.2, 0.25) is 5.91 Å². The fourth-order valence-corrected chi connectivity index (χ4v) is 2.41. The number of amides is 1. The van der Waals surface area contributed by atoms with Crippen molar-refractivity contribution >= 4 is 5.91 Å². The average Bonchev–Trinajstić information content (AvgIpc) is 2.76. The maximum absolute atomic E-state index is 11.7. The first-order valence-electron chi connectivity index (χ1n) is 6.88. The molecule has 0 heterocycles. The van der Waals surface area contributed by atoms with Gasteiger partial charge in [-0.25, -0.2) is 0 Å². The Hall–Kier alpha value is -1.55. The highest BCUT2D eigenvalue weighted by Crippen LogP contribution is 2.32. The number of carbonyl (C=O) groups excluding carboxylic acids is 1. The topological polar surface area (TPSA) is 61.4 Å². The summed E-state index contributed by atoms with van der Waals surface area (Å²) in [4.78, 5) is 11.7. The molecule has 0 aromatic heterocycles. The first-order valence-corrected chi connectivity index (χ1v) is 6.88. The zero-order chi connectivity index (χ0) is 13.8. The molecule has 4 nitrogen and oxygen atoms in total. The average molecular weight is 262 g/mol. The standard InChI is InChI=1S/C15H22N2O2/c1-10(2)8-17-15(19)9-16-14-6-3-11-7-12(18)4-5-13(11)14/h4-5,7,10,14,16,18H,3,6,8-9H2,1-2H3,(H,17,19). The lowest BCUT2D eigenvalue weighted by molar-refractivity contribution is -0.120. The lowest BCUT2D eigenvalue weighted by Crippen LogP contribution is -2.36. The van der Waals surface area contributed by atoms with Crippen molar-refractivity contribution in [2.75, 3.05) is 13.1 Å². The number of aryl methyl sites for hydroxylation is 1. The monoisotopic (exact) mass is 262 g/mol. The fraction of sp³-hybridized carbons (Fsp3) is 0.533. The molecule has 0 saturated carbocycles. The van der Waals surface area contributed by atoms with Crippen LogP contribution in [0, 0.1) is 5.92 Å². The van der Waals surface area contributed by atoms with E-state index in [4.69, 9.17) is 0 Å². The summed E-state index contributed by atoms with van der Waals surface area (Å²) in [6.45, 7) is 5.22. The first kappa shape index (κ1) is 13.9. The molecule has 0 radical (unpaired) electrons. The van der Waals surface area contributed by atoms with Crippen LogP contribution >= 0.6 is 0 Å². The van der Waals surface area contributed by atoms with Crippen molar-refractivity contribution in [2.24, 2.45) is 5.92 Å². The second kappa shape index (κ2) is 6.06. The number of fused-ring (bicyclic) bond motifs is 1. The van der Waals surface area contributed by atoms with Crippen LogP contribution in [-0.2, 0) is 11.2 Å². The summed E-state index contributed by atoms with van der Waals surface area (Å²) >= 11 is 0. The molecule has 1 aliphatic rings. The van der Waals surface area contributed by atoms with Crippen molar-refractivity contribution in [3.8, 4) is 5.75 Å². The van der Waals surface area contributed by atoms with E-state index < -0.39 is 0 Å². The largest absolute Gasteiger partial charge is 0.508 e. The predicted octanol–water partition coefficient (Wildman–Crippen LogP) is 1.74. The highest BCUT2D eigenvalue weighted by atomic mass is 16.3. The minimum atomic E-state index is 0.0425. The van der Waals surface area contributed by atoms with Crippen LogP contribution in [0.25, 0.3) is 0 Å². The normalized spacial score (nSPS) is 17.5. The maximum atomic E-state index is 11.7. The number of phenols is 1. The van der Waals surface area contributed by atoms with Gasteiger partial charge in [-0.2, -0.15) is 0 Å². The Labute approximate surface area is 114 Å². The van der Waals surface area contributed by atoms with Gasteiger partial charge < -0.3 is 15.7 Å². The summed E-state index contributed by atoms with van der Waals surface area (Å²) in [6, 6.07) is 5.69. The van der Waals surface area contributed by atoms with Crippen LogP contribution in [-0.4, -0.2) is 24.1 Å². The molecule has 0 saturated heterocycles. The molecule has 1 atom stereocenters. The van der Waals surface area contributed by atoms with E-state index >= 15 is 0 Å². The second-order valence-electron chi connectivity index (χ2n) is 5.55. The molecule has 1 aromatic rings. The lowest BCUT2D eigenvalue weighted by Gasteiger charge is -2.14. The molecule has 1 amide bonds. The first-order chi connectivity index (χ1) is 9.06. The Kier molecular flexibility index (Phi) is 4.43. The Bertz CT molecular complexity index is 457. The van der Waals surface area contributed by atoms with E-state index in [1.54, 1.807) is 6.07 Å². The van der Waals surface area contributed by atoms with E-state index in [1.807, 2.05) is 12.1 Å². The van der Waals surface area contributed by atoms with Gasteiger partial charge >= 0.3 is 0 Å². The summed E-state index contributed by atoms with van der Waals surface area (Å²) in [5.41, 5.74) is 2.38. The third-order valence-electron chi connectivity index (χ3n) is 3.42. The van der Waals surface area contributed by atoms with Crippen LogP contribution < -0.4 is 10.6 Å². The van der Waals surface area contributed by atoms with Crippen LogP contribution in [0.15, 0.2) is 18.2 Å². The molecule has 19 heavy (non-hydrogen) atoms. The highest BCUT2D eigenvalue weighted by molar-refractivity contribution is 5.78. The van der Waals surface area contributed by atoms with Crippen LogP contribution in [0.1, 0.15) is 37.4 Å². The zero-order valence-corrected chi connectivity index (χ0v) is 11.6. The molecule has 1 unspecified atom stereocenters. The number of benzene rings is 1. The summed E-state index contributed by atoms with van der Waals surface area (Å²) in [5, 5.41) is 15.6. The van der Waals surface area contributed by atoms with Gasteiger partial charge in [0.05, 0.1) is 6.54 Å². The van der Waals surface area contributed by atoms with Gasteiger partial charge in [-0.1, -0.05) is 19.9 Å². The second-order valence-corrected chi connectivity index (χ2v) is 5.55. The summed E-state index contributed by atoms with van der Waals surface area (Å²) in [7, 11) is 0. The molecule has 4 heteroatoms. The molecule has 0 fully saturated rings. The molecule has 0 spiro atoms. The molecule has 0 aliphatic heterocycles. The van der Waals surface area contributed by atoms with E-state index in [9.17, 15) is 9.90 Å². The van der Waals surface area contributed by atoms with Crippen LogP contribution in [0.4, 0.5) is 0 Å². The van der Waals surface area contributed by atoms with Gasteiger partial charge in [-0.3, -0.25) is 4.79 Å². The molecular formula is C15H22N2O2. The predicted molar refractivity (Wildman–Crippen MR) is 75.0 cm³/mol. The van der Waals surface area contributed by atoms with Crippen LogP contribution in [0.2, 0.25) is 0 Å². The van der Waals surface area contributed by atoms with Gasteiger partial charge in [0.15, 0.2) is 0 Å². The van der Waals surface area contributed by atoms with Crippen molar-refractivity contribution < 1.29 is 9.90 Å². The van der Waals surface area contributed by atoms with Crippen molar-refractivity contribution in [1.29, 1.82) is 0 Å². The minimum Gasteiger partial charge on any atom is -0.508 e. The molecule has 1 aromatic carbocycles. The fourth-order valence-electron chi connectivity index (χ4n) is 2.41. The Morgan fingerprint density at radius 3 is 3.00 bits per heavy atom. The summed E-state index contributed by atoms with van der Waals surface area (Å²) in [5.74, 6) is 0.828. The van der Waals surface area contributed by atoms with Crippen molar-refractivity contribution in [1.82, 2.24) is 10.6 Å². The van der Waals surface area contributed by atoms with E-state index in [1.165, 1.54) is 11.1 Å². The van der Waals surface area contributed by atoms with Crippen LogP contribution in [0.5, 0.6) is 5.75 Å². The number of hydrogen-bond acceptors (Lipinski definition) is 3. The molecular weight excluding hydrogens is 240 g/mol. The van der Waals surface area contributed by atoms with Gasteiger partial charge in [0.25, 0.3) is 0 Å². The summed E-state index contributed by atoms with van der Waals surface area (Å²) < 4.78 is 0. The number of hydrogen-bond donors (Lipinski definition) is 3. The van der Waals surface area contributed by atoms with E-state index in [2.05, 4.69) is 24.5 Å². The Morgan fingerprint density at radius 2 is 2.26 bits per heavy atom. The smallest absolute Gasteiger partial charge is 0.233 e. The number of carbonyl (C=O) groups is 1. The number of phenolic OH excluding ortho intramolecular Hbond substituents is 1. The van der Waals surface area contributed by atoms with E-state index in [-0.39, 0.29) is 11.9 Å². The number of nitrogens with one attached hydrogen (secondary N) is 2. The van der Waals surface area contributed by atoms with Crippen molar-refractivity contribution in [2.45, 2.75) is 32.7 Å². The van der Waals surface area contributed by atoms with Gasteiger partial charge in [-0.15, -0.1) is 0 Å². The third kappa shape index (κ3) is 3.70. The van der Waals surface area contributed by atoms with Gasteiger partial charge in [0, 0.05) is 12.6 Å². The number of aromatic hydroxyl groups is 1. The minimum absolute atomic E-state index is 0.0425. The molecule has 3 N–H and O–H groups in total. The quantitative estimate of drug-likeness (QED) is 0.757. The summed E-state index contributed by atoms with van der Waals surface area (Å²) in [6.07, 6.45) is 1.94.